The zero-order valence-corrected chi connectivity index (χ0v) is 25.1. The molecule has 2 amide bonds. The summed E-state index contributed by atoms with van der Waals surface area (Å²) in [5.74, 6) is -0.609. The average molecular weight is 589 g/mol. The molecular formula is C33H40N4O6. The number of aromatic nitrogens is 2. The van der Waals surface area contributed by atoms with E-state index in [0.29, 0.717) is 56.0 Å². The van der Waals surface area contributed by atoms with Crippen LogP contribution in [0.4, 0.5) is 4.79 Å². The van der Waals surface area contributed by atoms with Gasteiger partial charge in [0.25, 0.3) is 5.91 Å². The van der Waals surface area contributed by atoms with Crippen molar-refractivity contribution in [3.8, 4) is 0 Å². The van der Waals surface area contributed by atoms with Crippen LogP contribution >= 0.6 is 0 Å². The van der Waals surface area contributed by atoms with Gasteiger partial charge in [-0.05, 0) is 51.3 Å². The Hall–Kier alpha value is -4.18. The van der Waals surface area contributed by atoms with Crippen LogP contribution in [0.25, 0.3) is 0 Å². The van der Waals surface area contributed by atoms with Crippen molar-refractivity contribution in [3.05, 3.63) is 88.7 Å². The van der Waals surface area contributed by atoms with Crippen LogP contribution in [-0.2, 0) is 33.8 Å². The van der Waals surface area contributed by atoms with E-state index in [4.69, 9.17) is 14.2 Å². The van der Waals surface area contributed by atoms with Crippen molar-refractivity contribution >= 4 is 18.0 Å². The summed E-state index contributed by atoms with van der Waals surface area (Å²) in [7, 11) is 0. The lowest BCUT2D eigenvalue weighted by Gasteiger charge is -2.33. The molecule has 0 atom stereocenters. The Balaban J connectivity index is 1.29. The van der Waals surface area contributed by atoms with Crippen LogP contribution < -0.4 is 0 Å². The molecule has 2 heterocycles. The number of nitrogens with zero attached hydrogens (tertiary/aromatic N) is 3. The molecule has 10 heteroatoms. The van der Waals surface area contributed by atoms with Crippen LogP contribution in [0.2, 0.25) is 0 Å². The molecule has 2 aliphatic rings. The fourth-order valence-electron chi connectivity index (χ4n) is 5.35. The van der Waals surface area contributed by atoms with Gasteiger partial charge in [0, 0.05) is 42.7 Å². The quantitative estimate of drug-likeness (QED) is 0.244. The van der Waals surface area contributed by atoms with E-state index in [2.05, 4.69) is 10.2 Å². The second-order valence-corrected chi connectivity index (χ2v) is 12.2. The van der Waals surface area contributed by atoms with Crippen LogP contribution in [0.3, 0.4) is 0 Å². The Morgan fingerprint density at radius 3 is 2.37 bits per heavy atom. The third-order valence-corrected chi connectivity index (χ3v) is 7.81. The molecule has 3 aromatic rings. The van der Waals surface area contributed by atoms with Crippen molar-refractivity contribution in [2.24, 2.45) is 0 Å². The summed E-state index contributed by atoms with van der Waals surface area (Å²) in [6.45, 7) is 7.53. The van der Waals surface area contributed by atoms with Gasteiger partial charge in [0.1, 0.15) is 5.60 Å². The maximum atomic E-state index is 14.2. The topological polar surface area (TPSA) is 114 Å². The molecule has 1 N–H and O–H groups in total. The number of hydrogen-bond donors (Lipinski definition) is 1. The summed E-state index contributed by atoms with van der Waals surface area (Å²) in [6, 6.07) is 18.8. The number of rotatable bonds is 11. The second kappa shape index (κ2) is 13.0. The molecule has 0 bridgehead atoms. The molecule has 1 aromatic heterocycles. The third-order valence-electron chi connectivity index (χ3n) is 7.81. The summed E-state index contributed by atoms with van der Waals surface area (Å²) in [4.78, 5) is 43.0. The summed E-state index contributed by atoms with van der Waals surface area (Å²) in [5.41, 5.74) is 2.33. The average Bonchev–Trinajstić information content (AvgIpc) is 3.65. The van der Waals surface area contributed by atoms with Crippen LogP contribution in [0.5, 0.6) is 0 Å². The molecule has 0 radical (unpaired) electrons. The number of hydrogen-bond acceptors (Lipinski definition) is 7. The van der Waals surface area contributed by atoms with Crippen LogP contribution in [0.15, 0.2) is 60.7 Å². The number of esters is 1. The van der Waals surface area contributed by atoms with Crippen molar-refractivity contribution < 1.29 is 28.6 Å². The fourth-order valence-corrected chi connectivity index (χ4v) is 5.35. The number of ether oxygens (including phenoxy) is 3. The Morgan fingerprint density at radius 1 is 1.00 bits per heavy atom. The van der Waals surface area contributed by atoms with E-state index < -0.39 is 17.2 Å². The lowest BCUT2D eigenvalue weighted by Crippen LogP contribution is -2.46. The molecule has 1 aliphatic heterocycles. The van der Waals surface area contributed by atoms with Gasteiger partial charge in [-0.25, -0.2) is 9.59 Å². The molecule has 1 fully saturated rings. The smallest absolute Gasteiger partial charge is 0.410 e. The number of carbonyl (C=O) groups is 3. The van der Waals surface area contributed by atoms with Crippen molar-refractivity contribution in [2.75, 3.05) is 26.3 Å². The molecule has 1 saturated carbocycles. The van der Waals surface area contributed by atoms with Crippen LogP contribution in [0, 0.1) is 0 Å². The molecule has 10 nitrogen and oxygen atoms in total. The lowest BCUT2D eigenvalue weighted by atomic mass is 10.0. The first-order valence-electron chi connectivity index (χ1n) is 14.9. The van der Waals surface area contributed by atoms with Crippen LogP contribution in [-0.4, -0.2) is 75.4 Å². The number of carbonyl (C=O) groups excluding carboxylic acids is 3. The van der Waals surface area contributed by atoms with Crippen molar-refractivity contribution in [2.45, 2.75) is 70.7 Å². The number of amides is 2. The molecule has 228 valence electrons. The van der Waals surface area contributed by atoms with Gasteiger partial charge in [0.2, 0.25) is 0 Å². The lowest BCUT2D eigenvalue weighted by molar-refractivity contribution is 0.0217. The Bertz CT molecular complexity index is 1410. The van der Waals surface area contributed by atoms with E-state index in [1.807, 2.05) is 62.1 Å². The zero-order valence-electron chi connectivity index (χ0n) is 25.1. The highest BCUT2D eigenvalue weighted by Gasteiger charge is 2.50. The minimum Gasteiger partial charge on any atom is -0.462 e. The third kappa shape index (κ3) is 7.62. The Kier molecular flexibility index (Phi) is 9.15. The second-order valence-electron chi connectivity index (χ2n) is 12.2. The first-order chi connectivity index (χ1) is 20.7. The fraction of sp³-hybridized carbons (Fsp3) is 0.455. The summed E-state index contributed by atoms with van der Waals surface area (Å²) in [6.07, 6.45) is 2.22. The molecule has 0 spiro atoms. The van der Waals surface area contributed by atoms with E-state index in [1.54, 1.807) is 29.2 Å². The molecule has 0 saturated heterocycles. The number of aromatic amines is 1. The molecule has 43 heavy (non-hydrogen) atoms. The molecule has 5 rings (SSSR count). The first kappa shape index (κ1) is 30.3. The van der Waals surface area contributed by atoms with E-state index in [0.717, 1.165) is 24.1 Å². The van der Waals surface area contributed by atoms with Gasteiger partial charge in [-0.3, -0.25) is 9.89 Å². The van der Waals surface area contributed by atoms with Crippen molar-refractivity contribution in [1.82, 2.24) is 20.0 Å². The SMILES string of the molecule is CC(C)(C)OC(=O)N1CCc2[nH]nc(C(=O)N(CCOCc3ccccc3)C3(CCOC(=O)c4ccccc4)CC3)c2C1. The van der Waals surface area contributed by atoms with Crippen molar-refractivity contribution in [1.29, 1.82) is 0 Å². The number of benzene rings is 2. The number of H-pyrrole nitrogens is 1. The molecular weight excluding hydrogens is 548 g/mol. The van der Waals surface area contributed by atoms with E-state index in [9.17, 15) is 14.4 Å². The maximum absolute atomic E-state index is 14.2. The predicted octanol–water partition coefficient (Wildman–Crippen LogP) is 5.14. The summed E-state index contributed by atoms with van der Waals surface area (Å²) < 4.78 is 17.1. The predicted molar refractivity (Wildman–Crippen MR) is 159 cm³/mol. The van der Waals surface area contributed by atoms with E-state index >= 15 is 0 Å². The van der Waals surface area contributed by atoms with E-state index in [1.165, 1.54) is 0 Å². The minimum atomic E-state index is -0.620. The monoisotopic (exact) mass is 588 g/mol. The van der Waals surface area contributed by atoms with Gasteiger partial charge in [-0.1, -0.05) is 48.5 Å². The van der Waals surface area contributed by atoms with Crippen molar-refractivity contribution in [3.63, 3.8) is 0 Å². The summed E-state index contributed by atoms with van der Waals surface area (Å²) in [5, 5.41) is 7.46. The van der Waals surface area contributed by atoms with E-state index in [-0.39, 0.29) is 25.0 Å². The first-order valence-corrected chi connectivity index (χ1v) is 14.9. The highest BCUT2D eigenvalue weighted by atomic mass is 16.6. The molecule has 2 aromatic carbocycles. The Labute approximate surface area is 252 Å². The van der Waals surface area contributed by atoms with Gasteiger partial charge >= 0.3 is 12.1 Å². The van der Waals surface area contributed by atoms with Gasteiger partial charge in [-0.2, -0.15) is 5.10 Å². The zero-order chi connectivity index (χ0) is 30.5. The number of fused-ring (bicyclic) bond motifs is 1. The van der Waals surface area contributed by atoms with Gasteiger partial charge in [0.15, 0.2) is 5.69 Å². The molecule has 0 unspecified atom stereocenters. The standard InChI is InChI=1S/C33H40N4O6/c1-32(2,3)43-31(40)36-18-14-27-26(22-36)28(35-34-27)29(38)37(19-21-41-23-24-10-6-4-7-11-24)33(15-16-33)17-20-42-30(39)25-12-8-5-9-13-25/h4-13H,14-23H2,1-3H3,(H,34,35). The maximum Gasteiger partial charge on any atom is 0.410 e. The van der Waals surface area contributed by atoms with Gasteiger partial charge < -0.3 is 24.0 Å². The summed E-state index contributed by atoms with van der Waals surface area (Å²) >= 11 is 0. The van der Waals surface area contributed by atoms with Gasteiger partial charge in [0.05, 0.1) is 31.9 Å². The highest BCUT2D eigenvalue weighted by molar-refractivity contribution is 5.95. The highest BCUT2D eigenvalue weighted by Crippen LogP contribution is 2.45. The minimum absolute atomic E-state index is 0.188. The largest absolute Gasteiger partial charge is 0.462 e. The van der Waals surface area contributed by atoms with Crippen LogP contribution in [0.1, 0.15) is 77.7 Å². The molecule has 1 aliphatic carbocycles. The van der Waals surface area contributed by atoms with Gasteiger partial charge in [-0.15, -0.1) is 0 Å². The number of nitrogens with one attached hydrogen (secondary N) is 1. The Morgan fingerprint density at radius 2 is 1.70 bits per heavy atom. The normalized spacial score (nSPS) is 15.4.